The molecule has 0 saturated carbocycles. The molecule has 2 aromatic rings. The van der Waals surface area contributed by atoms with Crippen LogP contribution in [-0.4, -0.2) is 32.4 Å². The van der Waals surface area contributed by atoms with Crippen LogP contribution in [0, 0.1) is 0 Å². The molecule has 2 rings (SSSR count). The maximum atomic E-state index is 5.96. The molecule has 19 heavy (non-hydrogen) atoms. The van der Waals surface area contributed by atoms with Gasteiger partial charge >= 0.3 is 0 Å². The summed E-state index contributed by atoms with van der Waals surface area (Å²) in [5, 5.41) is 7.39. The molecule has 1 atom stereocenters. The minimum Gasteiger partial charge on any atom is -0.476 e. The fourth-order valence-corrected chi connectivity index (χ4v) is 1.71. The SMILES string of the molecule is CCOc1ncnc(NC(C)Cn2cccn2)c1N. The van der Waals surface area contributed by atoms with Gasteiger partial charge in [0.2, 0.25) is 5.88 Å². The average Bonchev–Trinajstić information content (AvgIpc) is 2.87. The highest BCUT2D eigenvalue weighted by Crippen LogP contribution is 2.24. The lowest BCUT2D eigenvalue weighted by Gasteiger charge is -2.16. The van der Waals surface area contributed by atoms with Crippen LogP contribution >= 0.6 is 0 Å². The second-order valence-electron chi connectivity index (χ2n) is 4.15. The summed E-state index contributed by atoms with van der Waals surface area (Å²) >= 11 is 0. The van der Waals surface area contributed by atoms with Gasteiger partial charge in [-0.15, -0.1) is 0 Å². The number of nitrogens with two attached hydrogens (primary N) is 1. The predicted molar refractivity (Wildman–Crippen MR) is 72.9 cm³/mol. The van der Waals surface area contributed by atoms with Crippen LogP contribution in [0.15, 0.2) is 24.8 Å². The monoisotopic (exact) mass is 262 g/mol. The van der Waals surface area contributed by atoms with E-state index in [4.69, 9.17) is 10.5 Å². The van der Waals surface area contributed by atoms with Gasteiger partial charge in [0, 0.05) is 18.4 Å². The van der Waals surface area contributed by atoms with E-state index in [0.717, 1.165) is 6.54 Å². The lowest BCUT2D eigenvalue weighted by molar-refractivity contribution is 0.328. The Hall–Kier alpha value is -2.31. The lowest BCUT2D eigenvalue weighted by atomic mass is 10.3. The van der Waals surface area contributed by atoms with E-state index in [1.807, 2.05) is 30.8 Å². The number of nitrogens with one attached hydrogen (secondary N) is 1. The summed E-state index contributed by atoms with van der Waals surface area (Å²) in [6.45, 7) is 5.16. The number of aromatic nitrogens is 4. The van der Waals surface area contributed by atoms with Gasteiger partial charge in [-0.1, -0.05) is 0 Å². The highest BCUT2D eigenvalue weighted by molar-refractivity contribution is 5.66. The fraction of sp³-hybridized carbons (Fsp3) is 0.417. The van der Waals surface area contributed by atoms with Gasteiger partial charge in [0.15, 0.2) is 5.82 Å². The van der Waals surface area contributed by atoms with Crippen LogP contribution in [-0.2, 0) is 6.54 Å². The molecule has 2 heterocycles. The highest BCUT2D eigenvalue weighted by atomic mass is 16.5. The largest absolute Gasteiger partial charge is 0.476 e. The second kappa shape index (κ2) is 6.03. The predicted octanol–water partition coefficient (Wildman–Crippen LogP) is 1.15. The summed E-state index contributed by atoms with van der Waals surface area (Å²) in [7, 11) is 0. The molecule has 7 heteroatoms. The topological polar surface area (TPSA) is 90.9 Å². The molecule has 0 fully saturated rings. The number of anilines is 2. The Morgan fingerprint density at radius 1 is 1.47 bits per heavy atom. The zero-order valence-corrected chi connectivity index (χ0v) is 11.1. The lowest BCUT2D eigenvalue weighted by Crippen LogP contribution is -2.23. The third-order valence-electron chi connectivity index (χ3n) is 2.53. The summed E-state index contributed by atoms with van der Waals surface area (Å²) in [6.07, 6.45) is 5.09. The molecule has 0 saturated heterocycles. The van der Waals surface area contributed by atoms with Gasteiger partial charge in [-0.05, 0) is 19.9 Å². The van der Waals surface area contributed by atoms with Crippen molar-refractivity contribution < 1.29 is 4.74 Å². The summed E-state index contributed by atoms with van der Waals surface area (Å²) in [4.78, 5) is 8.13. The van der Waals surface area contributed by atoms with Crippen molar-refractivity contribution in [1.82, 2.24) is 19.7 Å². The van der Waals surface area contributed by atoms with E-state index in [-0.39, 0.29) is 6.04 Å². The summed E-state index contributed by atoms with van der Waals surface area (Å²) in [5.74, 6) is 0.990. The fourth-order valence-electron chi connectivity index (χ4n) is 1.71. The third-order valence-corrected chi connectivity index (χ3v) is 2.53. The number of hydrogen-bond acceptors (Lipinski definition) is 6. The van der Waals surface area contributed by atoms with Crippen LogP contribution in [0.5, 0.6) is 5.88 Å². The number of ether oxygens (including phenoxy) is 1. The van der Waals surface area contributed by atoms with Crippen LogP contribution in [0.4, 0.5) is 11.5 Å². The Morgan fingerprint density at radius 3 is 3.00 bits per heavy atom. The number of hydrogen-bond donors (Lipinski definition) is 2. The molecule has 0 aliphatic heterocycles. The molecule has 1 unspecified atom stereocenters. The number of nitrogens with zero attached hydrogens (tertiary/aromatic N) is 4. The van der Waals surface area contributed by atoms with Crippen LogP contribution in [0.25, 0.3) is 0 Å². The minimum atomic E-state index is 0.131. The summed E-state index contributed by atoms with van der Waals surface area (Å²) in [6, 6.07) is 2.02. The van der Waals surface area contributed by atoms with Crippen LogP contribution < -0.4 is 15.8 Å². The zero-order valence-electron chi connectivity index (χ0n) is 11.1. The molecule has 0 amide bonds. The Labute approximate surface area is 111 Å². The van der Waals surface area contributed by atoms with Crippen molar-refractivity contribution in [3.05, 3.63) is 24.8 Å². The van der Waals surface area contributed by atoms with Crippen molar-refractivity contribution in [2.75, 3.05) is 17.7 Å². The van der Waals surface area contributed by atoms with Gasteiger partial charge in [0.25, 0.3) is 0 Å². The van der Waals surface area contributed by atoms with E-state index < -0.39 is 0 Å². The first kappa shape index (κ1) is 13.1. The van der Waals surface area contributed by atoms with E-state index >= 15 is 0 Å². The van der Waals surface area contributed by atoms with Gasteiger partial charge in [-0.3, -0.25) is 4.68 Å². The Morgan fingerprint density at radius 2 is 2.32 bits per heavy atom. The first-order valence-corrected chi connectivity index (χ1v) is 6.18. The molecule has 0 radical (unpaired) electrons. The first-order valence-electron chi connectivity index (χ1n) is 6.18. The van der Waals surface area contributed by atoms with Gasteiger partial charge < -0.3 is 15.8 Å². The van der Waals surface area contributed by atoms with Crippen molar-refractivity contribution in [3.8, 4) is 5.88 Å². The van der Waals surface area contributed by atoms with Crippen LogP contribution in [0.3, 0.4) is 0 Å². The Balaban J connectivity index is 2.04. The number of nitrogen functional groups attached to an aromatic ring is 1. The highest BCUT2D eigenvalue weighted by Gasteiger charge is 2.11. The molecule has 7 nitrogen and oxygen atoms in total. The number of rotatable bonds is 6. The Bertz CT molecular complexity index is 513. The molecule has 3 N–H and O–H groups in total. The van der Waals surface area contributed by atoms with Gasteiger partial charge in [0.05, 0.1) is 13.2 Å². The van der Waals surface area contributed by atoms with Gasteiger partial charge in [0.1, 0.15) is 12.0 Å². The summed E-state index contributed by atoms with van der Waals surface area (Å²) in [5.41, 5.74) is 6.38. The molecule has 2 aromatic heterocycles. The zero-order chi connectivity index (χ0) is 13.7. The summed E-state index contributed by atoms with van der Waals surface area (Å²) < 4.78 is 7.18. The van der Waals surface area contributed by atoms with E-state index in [1.165, 1.54) is 6.33 Å². The standard InChI is InChI=1S/C12H18N6O/c1-3-19-12-10(13)11(14-8-15-12)17-9(2)7-18-6-4-5-16-18/h4-6,8-9H,3,7,13H2,1-2H3,(H,14,15,17). The molecule has 0 aliphatic rings. The van der Waals surface area contributed by atoms with Crippen molar-refractivity contribution in [2.45, 2.75) is 26.4 Å². The van der Waals surface area contributed by atoms with Crippen molar-refractivity contribution >= 4 is 11.5 Å². The molecule has 0 aromatic carbocycles. The molecule has 0 bridgehead atoms. The van der Waals surface area contributed by atoms with E-state index in [0.29, 0.717) is 24.0 Å². The average molecular weight is 262 g/mol. The quantitative estimate of drug-likeness (QED) is 0.811. The molecule has 0 aliphatic carbocycles. The van der Waals surface area contributed by atoms with Gasteiger partial charge in [-0.2, -0.15) is 10.1 Å². The first-order chi connectivity index (χ1) is 9.20. The molecular weight excluding hydrogens is 244 g/mol. The van der Waals surface area contributed by atoms with E-state index in [9.17, 15) is 0 Å². The van der Waals surface area contributed by atoms with Crippen LogP contribution in [0.2, 0.25) is 0 Å². The van der Waals surface area contributed by atoms with Gasteiger partial charge in [-0.25, -0.2) is 4.98 Å². The molecule has 102 valence electrons. The third kappa shape index (κ3) is 3.34. The second-order valence-corrected chi connectivity index (χ2v) is 4.15. The van der Waals surface area contributed by atoms with Crippen molar-refractivity contribution in [1.29, 1.82) is 0 Å². The van der Waals surface area contributed by atoms with Crippen molar-refractivity contribution in [3.63, 3.8) is 0 Å². The maximum Gasteiger partial charge on any atom is 0.242 e. The smallest absolute Gasteiger partial charge is 0.242 e. The Kier molecular flexibility index (Phi) is 4.17. The van der Waals surface area contributed by atoms with E-state index in [2.05, 4.69) is 20.4 Å². The van der Waals surface area contributed by atoms with E-state index in [1.54, 1.807) is 6.20 Å². The normalized spacial score (nSPS) is 12.1. The maximum absolute atomic E-state index is 5.96. The molecule has 0 spiro atoms. The minimum absolute atomic E-state index is 0.131. The molecular formula is C12H18N6O. The van der Waals surface area contributed by atoms with Crippen molar-refractivity contribution in [2.24, 2.45) is 0 Å². The van der Waals surface area contributed by atoms with Crippen LogP contribution in [0.1, 0.15) is 13.8 Å².